The van der Waals surface area contributed by atoms with Crippen molar-refractivity contribution >= 4 is 28.9 Å². The molecule has 0 aliphatic rings. The van der Waals surface area contributed by atoms with Crippen LogP contribution in [0.3, 0.4) is 0 Å². The van der Waals surface area contributed by atoms with E-state index < -0.39 is 0 Å². The Kier molecular flexibility index (Phi) is 8.44. The largest absolute Gasteiger partial charge is 0.357 e. The molecule has 0 atom stereocenters. The molecular weight excluding hydrogens is 370 g/mol. The number of carbonyl (C=O) groups excluding carboxylic acids is 1. The number of nitrogens with zero attached hydrogens (tertiary/aromatic N) is 2. The minimum Gasteiger partial charge on any atom is -0.357 e. The van der Waals surface area contributed by atoms with E-state index >= 15 is 0 Å². The number of rotatable bonds is 8. The second-order valence-electron chi connectivity index (χ2n) is 7.21. The summed E-state index contributed by atoms with van der Waals surface area (Å²) in [7, 11) is 0. The third-order valence-corrected chi connectivity index (χ3v) is 4.94. The number of aromatic nitrogens is 1. The second-order valence-corrected chi connectivity index (χ2v) is 8.15. The van der Waals surface area contributed by atoms with Crippen molar-refractivity contribution in [2.45, 2.75) is 53.6 Å². The summed E-state index contributed by atoms with van der Waals surface area (Å²) in [6.45, 7) is 12.1. The van der Waals surface area contributed by atoms with Crippen LogP contribution in [0.15, 0.2) is 34.6 Å². The molecule has 28 heavy (non-hydrogen) atoms. The first-order chi connectivity index (χ1) is 13.4. The predicted octanol–water partition coefficient (Wildman–Crippen LogP) is 4.12. The Morgan fingerprint density at radius 3 is 2.43 bits per heavy atom. The van der Waals surface area contributed by atoms with Gasteiger partial charge in [0, 0.05) is 23.5 Å². The topological polar surface area (TPSA) is 78.4 Å². The molecule has 0 radical (unpaired) electrons. The van der Waals surface area contributed by atoms with Crippen molar-refractivity contribution in [2.75, 3.05) is 11.9 Å². The maximum absolute atomic E-state index is 11.8. The molecule has 0 fully saturated rings. The monoisotopic (exact) mass is 401 g/mol. The molecule has 1 heterocycles. The SMILES string of the molecule is CCNC(=NCc1ccc(NC(=O)C(C)C)cc1)NCc1nc(C(C)C)cs1. The molecule has 1 aromatic carbocycles. The molecule has 1 amide bonds. The van der Waals surface area contributed by atoms with Crippen LogP contribution in [0.25, 0.3) is 0 Å². The molecule has 0 unspecified atom stereocenters. The molecule has 0 aliphatic carbocycles. The first kappa shape index (κ1) is 21.9. The zero-order chi connectivity index (χ0) is 20.5. The van der Waals surface area contributed by atoms with E-state index in [1.54, 1.807) is 11.3 Å². The third kappa shape index (κ3) is 6.96. The van der Waals surface area contributed by atoms with Crippen LogP contribution in [0.1, 0.15) is 56.8 Å². The van der Waals surface area contributed by atoms with E-state index in [9.17, 15) is 4.79 Å². The van der Waals surface area contributed by atoms with E-state index in [1.807, 2.05) is 45.0 Å². The maximum Gasteiger partial charge on any atom is 0.226 e. The highest BCUT2D eigenvalue weighted by molar-refractivity contribution is 7.09. The fourth-order valence-electron chi connectivity index (χ4n) is 2.32. The lowest BCUT2D eigenvalue weighted by molar-refractivity contribution is -0.118. The van der Waals surface area contributed by atoms with Crippen molar-refractivity contribution in [3.63, 3.8) is 0 Å². The average Bonchev–Trinajstić information content (AvgIpc) is 3.14. The van der Waals surface area contributed by atoms with Crippen LogP contribution < -0.4 is 16.0 Å². The van der Waals surface area contributed by atoms with Crippen LogP contribution in [-0.4, -0.2) is 23.4 Å². The van der Waals surface area contributed by atoms with Crippen molar-refractivity contribution < 1.29 is 4.79 Å². The Morgan fingerprint density at radius 1 is 1.14 bits per heavy atom. The smallest absolute Gasteiger partial charge is 0.226 e. The number of thiazole rings is 1. The molecule has 0 spiro atoms. The van der Waals surface area contributed by atoms with Gasteiger partial charge in [0.2, 0.25) is 5.91 Å². The summed E-state index contributed by atoms with van der Waals surface area (Å²) in [4.78, 5) is 21.0. The molecular formula is C21H31N5OS. The van der Waals surface area contributed by atoms with Crippen LogP contribution >= 0.6 is 11.3 Å². The lowest BCUT2D eigenvalue weighted by Gasteiger charge is -2.11. The number of hydrogen-bond acceptors (Lipinski definition) is 4. The van der Waals surface area contributed by atoms with Gasteiger partial charge in [-0.15, -0.1) is 11.3 Å². The lowest BCUT2D eigenvalue weighted by Crippen LogP contribution is -2.36. The van der Waals surface area contributed by atoms with E-state index in [4.69, 9.17) is 0 Å². The Bertz CT molecular complexity index is 780. The number of aliphatic imine (C=N–C) groups is 1. The molecule has 152 valence electrons. The molecule has 3 N–H and O–H groups in total. The third-order valence-electron chi connectivity index (χ3n) is 4.08. The van der Waals surface area contributed by atoms with Crippen LogP contribution in [-0.2, 0) is 17.9 Å². The number of benzene rings is 1. The molecule has 6 nitrogen and oxygen atoms in total. The van der Waals surface area contributed by atoms with Gasteiger partial charge in [0.05, 0.1) is 18.8 Å². The fourth-order valence-corrected chi connectivity index (χ4v) is 3.22. The number of amides is 1. The van der Waals surface area contributed by atoms with Gasteiger partial charge >= 0.3 is 0 Å². The van der Waals surface area contributed by atoms with Gasteiger partial charge in [-0.3, -0.25) is 4.79 Å². The summed E-state index contributed by atoms with van der Waals surface area (Å²) in [5.41, 5.74) is 3.02. The Balaban J connectivity index is 1.92. The minimum atomic E-state index is -0.0347. The van der Waals surface area contributed by atoms with Crippen molar-refractivity contribution in [2.24, 2.45) is 10.9 Å². The molecule has 0 saturated carbocycles. The van der Waals surface area contributed by atoms with Crippen molar-refractivity contribution in [1.82, 2.24) is 15.6 Å². The fraction of sp³-hybridized carbons (Fsp3) is 0.476. The zero-order valence-corrected chi connectivity index (χ0v) is 18.2. The first-order valence-corrected chi connectivity index (χ1v) is 10.6. The Labute approximate surface area is 171 Å². The highest BCUT2D eigenvalue weighted by Gasteiger charge is 2.08. The lowest BCUT2D eigenvalue weighted by atomic mass is 10.2. The Morgan fingerprint density at radius 2 is 1.86 bits per heavy atom. The summed E-state index contributed by atoms with van der Waals surface area (Å²) in [5, 5.41) is 12.7. The molecule has 0 saturated heterocycles. The van der Waals surface area contributed by atoms with Gasteiger partial charge in [-0.25, -0.2) is 9.98 Å². The second kappa shape index (κ2) is 10.8. The summed E-state index contributed by atoms with van der Waals surface area (Å²) >= 11 is 1.67. The average molecular weight is 402 g/mol. The maximum atomic E-state index is 11.8. The van der Waals surface area contributed by atoms with Crippen molar-refractivity contribution in [3.05, 3.63) is 45.9 Å². The van der Waals surface area contributed by atoms with Crippen LogP contribution in [0, 0.1) is 5.92 Å². The van der Waals surface area contributed by atoms with E-state index in [0.29, 0.717) is 19.0 Å². The standard InChI is InChI=1S/C21H31N5OS/c1-6-22-21(24-12-19-26-18(13-28-19)14(2)3)23-11-16-7-9-17(10-8-16)25-20(27)15(4)5/h7-10,13-15H,6,11-12H2,1-5H3,(H,25,27)(H2,22,23,24). The predicted molar refractivity (Wildman–Crippen MR) is 118 cm³/mol. The van der Waals surface area contributed by atoms with Gasteiger partial charge in [-0.2, -0.15) is 0 Å². The summed E-state index contributed by atoms with van der Waals surface area (Å²) in [5.74, 6) is 1.20. The number of anilines is 1. The number of hydrogen-bond donors (Lipinski definition) is 3. The zero-order valence-electron chi connectivity index (χ0n) is 17.4. The quantitative estimate of drug-likeness (QED) is 0.459. The van der Waals surface area contributed by atoms with E-state index in [0.717, 1.165) is 34.5 Å². The molecule has 7 heteroatoms. The van der Waals surface area contributed by atoms with Gasteiger partial charge in [0.15, 0.2) is 5.96 Å². The normalized spacial score (nSPS) is 11.8. The molecule has 2 rings (SSSR count). The van der Waals surface area contributed by atoms with Crippen LogP contribution in [0.4, 0.5) is 5.69 Å². The number of guanidine groups is 1. The summed E-state index contributed by atoms with van der Waals surface area (Å²) in [6, 6.07) is 7.79. The Hall–Kier alpha value is -2.41. The van der Waals surface area contributed by atoms with Crippen molar-refractivity contribution in [1.29, 1.82) is 0 Å². The minimum absolute atomic E-state index is 0.0206. The number of nitrogens with one attached hydrogen (secondary N) is 3. The van der Waals surface area contributed by atoms with Gasteiger partial charge in [0.25, 0.3) is 0 Å². The van der Waals surface area contributed by atoms with Gasteiger partial charge in [-0.1, -0.05) is 39.8 Å². The van der Waals surface area contributed by atoms with Crippen molar-refractivity contribution in [3.8, 4) is 0 Å². The molecule has 2 aromatic rings. The van der Waals surface area contributed by atoms with E-state index in [2.05, 4.69) is 45.2 Å². The number of carbonyl (C=O) groups is 1. The highest BCUT2D eigenvalue weighted by atomic mass is 32.1. The highest BCUT2D eigenvalue weighted by Crippen LogP contribution is 2.17. The van der Waals surface area contributed by atoms with Gasteiger partial charge < -0.3 is 16.0 Å². The molecule has 0 aliphatic heterocycles. The van der Waals surface area contributed by atoms with Gasteiger partial charge in [0.1, 0.15) is 5.01 Å². The van der Waals surface area contributed by atoms with E-state index in [1.165, 1.54) is 0 Å². The summed E-state index contributed by atoms with van der Waals surface area (Å²) in [6.07, 6.45) is 0. The van der Waals surface area contributed by atoms with Crippen LogP contribution in [0.5, 0.6) is 0 Å². The first-order valence-electron chi connectivity index (χ1n) is 9.75. The van der Waals surface area contributed by atoms with Crippen LogP contribution in [0.2, 0.25) is 0 Å². The van der Waals surface area contributed by atoms with Gasteiger partial charge in [-0.05, 0) is 30.5 Å². The molecule has 0 bridgehead atoms. The summed E-state index contributed by atoms with van der Waals surface area (Å²) < 4.78 is 0. The molecule has 1 aromatic heterocycles. The van der Waals surface area contributed by atoms with E-state index in [-0.39, 0.29) is 11.8 Å².